The van der Waals surface area contributed by atoms with Crippen molar-refractivity contribution in [3.63, 3.8) is 0 Å². The summed E-state index contributed by atoms with van der Waals surface area (Å²) in [6.07, 6.45) is 1.05. The zero-order chi connectivity index (χ0) is 11.8. The molecule has 1 saturated heterocycles. The Hall–Kier alpha value is -0.650. The molecule has 2 N–H and O–H groups in total. The number of amides is 1. The lowest BCUT2D eigenvalue weighted by Gasteiger charge is -2.20. The molecule has 1 amide bonds. The molecule has 0 aromatic heterocycles. The van der Waals surface area contributed by atoms with E-state index >= 15 is 0 Å². The number of nitrogens with zero attached hydrogens (tertiary/aromatic N) is 2. The van der Waals surface area contributed by atoms with E-state index in [1.165, 1.54) is 0 Å². The van der Waals surface area contributed by atoms with Gasteiger partial charge in [0.2, 0.25) is 5.91 Å². The molecule has 0 aromatic rings. The van der Waals surface area contributed by atoms with Crippen LogP contribution in [0.5, 0.6) is 0 Å². The molecule has 1 aliphatic heterocycles. The number of carbonyl (C=O) groups excluding carboxylic acids is 1. The van der Waals surface area contributed by atoms with Crippen molar-refractivity contribution < 1.29 is 9.53 Å². The first kappa shape index (κ1) is 13.4. The van der Waals surface area contributed by atoms with E-state index in [2.05, 4.69) is 4.90 Å². The molecule has 1 heterocycles. The van der Waals surface area contributed by atoms with Crippen molar-refractivity contribution in [1.29, 1.82) is 0 Å². The van der Waals surface area contributed by atoms with Gasteiger partial charge in [-0.25, -0.2) is 0 Å². The SMILES string of the molecule is CC(=O)N1CCCN(CCOCCN)CC1. The van der Waals surface area contributed by atoms with E-state index in [4.69, 9.17) is 10.5 Å². The molecule has 16 heavy (non-hydrogen) atoms. The Morgan fingerprint density at radius 1 is 1.25 bits per heavy atom. The fraction of sp³-hybridized carbons (Fsp3) is 0.909. The number of rotatable bonds is 5. The summed E-state index contributed by atoms with van der Waals surface area (Å²) in [4.78, 5) is 15.5. The maximum atomic E-state index is 11.2. The lowest BCUT2D eigenvalue weighted by atomic mass is 10.4. The molecule has 0 bridgehead atoms. The van der Waals surface area contributed by atoms with Crippen LogP contribution in [0.4, 0.5) is 0 Å². The van der Waals surface area contributed by atoms with Gasteiger partial charge < -0.3 is 15.4 Å². The Kier molecular flexibility index (Phi) is 6.37. The monoisotopic (exact) mass is 229 g/mol. The minimum absolute atomic E-state index is 0.182. The zero-order valence-electron chi connectivity index (χ0n) is 10.2. The summed E-state index contributed by atoms with van der Waals surface area (Å²) >= 11 is 0. The van der Waals surface area contributed by atoms with Crippen molar-refractivity contribution in [1.82, 2.24) is 9.80 Å². The molecule has 1 aliphatic rings. The van der Waals surface area contributed by atoms with Crippen molar-refractivity contribution in [2.24, 2.45) is 5.73 Å². The number of carbonyl (C=O) groups is 1. The molecular weight excluding hydrogens is 206 g/mol. The molecule has 0 unspecified atom stereocenters. The molecule has 5 heteroatoms. The second-order valence-corrected chi connectivity index (χ2v) is 4.10. The highest BCUT2D eigenvalue weighted by molar-refractivity contribution is 5.73. The quantitative estimate of drug-likeness (QED) is 0.647. The van der Waals surface area contributed by atoms with Crippen LogP contribution >= 0.6 is 0 Å². The van der Waals surface area contributed by atoms with Crippen molar-refractivity contribution >= 4 is 5.91 Å². The second kappa shape index (κ2) is 7.60. The Bertz CT molecular complexity index is 211. The first-order valence-corrected chi connectivity index (χ1v) is 5.99. The van der Waals surface area contributed by atoms with Gasteiger partial charge >= 0.3 is 0 Å². The number of nitrogens with two attached hydrogens (primary N) is 1. The average molecular weight is 229 g/mol. The highest BCUT2D eigenvalue weighted by Gasteiger charge is 2.15. The fourth-order valence-electron chi connectivity index (χ4n) is 1.89. The standard InChI is InChI=1S/C11H23N3O2/c1-11(15)14-5-2-4-13(6-7-14)8-10-16-9-3-12/h2-10,12H2,1H3. The summed E-state index contributed by atoms with van der Waals surface area (Å²) < 4.78 is 5.35. The molecule has 0 radical (unpaired) electrons. The van der Waals surface area contributed by atoms with Crippen molar-refractivity contribution in [2.45, 2.75) is 13.3 Å². The van der Waals surface area contributed by atoms with E-state index in [1.807, 2.05) is 4.90 Å². The van der Waals surface area contributed by atoms with Gasteiger partial charge in [-0.3, -0.25) is 9.69 Å². The average Bonchev–Trinajstić information content (AvgIpc) is 2.50. The van der Waals surface area contributed by atoms with E-state index in [0.29, 0.717) is 13.2 Å². The van der Waals surface area contributed by atoms with Gasteiger partial charge in [0.25, 0.3) is 0 Å². The molecule has 0 spiro atoms. The maximum absolute atomic E-state index is 11.2. The minimum Gasteiger partial charge on any atom is -0.379 e. The fourth-order valence-corrected chi connectivity index (χ4v) is 1.89. The van der Waals surface area contributed by atoms with Crippen molar-refractivity contribution in [2.75, 3.05) is 52.5 Å². The lowest BCUT2D eigenvalue weighted by molar-refractivity contribution is -0.128. The molecule has 1 fully saturated rings. The third-order valence-electron chi connectivity index (χ3n) is 2.85. The number of hydrogen-bond acceptors (Lipinski definition) is 4. The van der Waals surface area contributed by atoms with Crippen LogP contribution in [-0.2, 0) is 9.53 Å². The van der Waals surface area contributed by atoms with Gasteiger partial charge in [-0.15, -0.1) is 0 Å². The summed E-state index contributed by atoms with van der Waals surface area (Å²) in [7, 11) is 0. The van der Waals surface area contributed by atoms with Crippen LogP contribution in [-0.4, -0.2) is 68.2 Å². The van der Waals surface area contributed by atoms with E-state index in [-0.39, 0.29) is 5.91 Å². The summed E-state index contributed by atoms with van der Waals surface area (Å²) in [5, 5.41) is 0. The number of ether oxygens (including phenoxy) is 1. The molecule has 0 aromatic carbocycles. The smallest absolute Gasteiger partial charge is 0.219 e. The lowest BCUT2D eigenvalue weighted by Crippen LogP contribution is -2.35. The van der Waals surface area contributed by atoms with Crippen LogP contribution in [0.25, 0.3) is 0 Å². The van der Waals surface area contributed by atoms with Crippen LogP contribution in [0.1, 0.15) is 13.3 Å². The molecule has 1 rings (SSSR count). The molecule has 5 nitrogen and oxygen atoms in total. The highest BCUT2D eigenvalue weighted by atomic mass is 16.5. The summed E-state index contributed by atoms with van der Waals surface area (Å²) in [6.45, 7) is 8.25. The van der Waals surface area contributed by atoms with Gasteiger partial charge in [-0.1, -0.05) is 0 Å². The van der Waals surface area contributed by atoms with Crippen molar-refractivity contribution in [3.8, 4) is 0 Å². The van der Waals surface area contributed by atoms with E-state index in [0.717, 1.165) is 45.8 Å². The highest BCUT2D eigenvalue weighted by Crippen LogP contribution is 2.02. The first-order chi connectivity index (χ1) is 7.74. The third-order valence-corrected chi connectivity index (χ3v) is 2.85. The Balaban J connectivity index is 2.17. The third kappa shape index (κ3) is 4.92. The van der Waals surface area contributed by atoms with E-state index in [1.54, 1.807) is 6.92 Å². The largest absolute Gasteiger partial charge is 0.379 e. The summed E-state index contributed by atoms with van der Waals surface area (Å²) in [5.74, 6) is 0.182. The van der Waals surface area contributed by atoms with Gasteiger partial charge in [0.05, 0.1) is 13.2 Å². The van der Waals surface area contributed by atoms with Crippen molar-refractivity contribution in [3.05, 3.63) is 0 Å². The molecule has 0 aliphatic carbocycles. The molecular formula is C11H23N3O2. The van der Waals surface area contributed by atoms with Gasteiger partial charge in [-0.05, 0) is 13.0 Å². The van der Waals surface area contributed by atoms with Crippen LogP contribution in [0.15, 0.2) is 0 Å². The van der Waals surface area contributed by atoms with Crippen LogP contribution in [0, 0.1) is 0 Å². The van der Waals surface area contributed by atoms with Gasteiger partial charge in [-0.2, -0.15) is 0 Å². The molecule has 0 atom stereocenters. The Labute approximate surface area is 97.5 Å². The first-order valence-electron chi connectivity index (χ1n) is 5.99. The normalized spacial score (nSPS) is 18.5. The van der Waals surface area contributed by atoms with Crippen LogP contribution < -0.4 is 5.73 Å². The minimum atomic E-state index is 0.182. The Morgan fingerprint density at radius 3 is 2.75 bits per heavy atom. The van der Waals surface area contributed by atoms with Crippen LogP contribution in [0.3, 0.4) is 0 Å². The van der Waals surface area contributed by atoms with E-state index in [9.17, 15) is 4.79 Å². The number of hydrogen-bond donors (Lipinski definition) is 1. The molecule has 94 valence electrons. The van der Waals surface area contributed by atoms with Crippen LogP contribution in [0.2, 0.25) is 0 Å². The Morgan fingerprint density at radius 2 is 2.06 bits per heavy atom. The van der Waals surface area contributed by atoms with Gasteiger partial charge in [0.15, 0.2) is 0 Å². The summed E-state index contributed by atoms with van der Waals surface area (Å²) in [6, 6.07) is 0. The summed E-state index contributed by atoms with van der Waals surface area (Å²) in [5.41, 5.74) is 5.34. The zero-order valence-corrected chi connectivity index (χ0v) is 10.2. The second-order valence-electron chi connectivity index (χ2n) is 4.10. The van der Waals surface area contributed by atoms with E-state index < -0.39 is 0 Å². The molecule has 0 saturated carbocycles. The van der Waals surface area contributed by atoms with Gasteiger partial charge in [0, 0.05) is 39.6 Å². The predicted molar refractivity (Wildman–Crippen MR) is 63.2 cm³/mol. The maximum Gasteiger partial charge on any atom is 0.219 e. The predicted octanol–water partition coefficient (Wildman–Crippen LogP) is -0.484. The van der Waals surface area contributed by atoms with Gasteiger partial charge in [0.1, 0.15) is 0 Å². The topological polar surface area (TPSA) is 58.8 Å².